The summed E-state index contributed by atoms with van der Waals surface area (Å²) in [6.45, 7) is 8.39. The van der Waals surface area contributed by atoms with Crippen LogP contribution in [-0.4, -0.2) is 22.9 Å². The van der Waals surface area contributed by atoms with Gasteiger partial charge in [-0.05, 0) is 63.5 Å². The summed E-state index contributed by atoms with van der Waals surface area (Å²) in [6.07, 6.45) is 0. The van der Waals surface area contributed by atoms with Crippen LogP contribution in [0.2, 0.25) is 0 Å². The second-order valence-corrected chi connectivity index (χ2v) is 11.6. The lowest BCUT2D eigenvalue weighted by atomic mass is 9.79. The summed E-state index contributed by atoms with van der Waals surface area (Å²) in [6, 6.07) is 30.8. The number of para-hydroxylation sites is 2. The van der Waals surface area contributed by atoms with Crippen molar-refractivity contribution in [3.63, 3.8) is 0 Å². The van der Waals surface area contributed by atoms with Gasteiger partial charge in [0.05, 0.1) is 22.2 Å². The van der Waals surface area contributed by atoms with Crippen molar-refractivity contribution in [2.45, 2.75) is 38.9 Å². The fourth-order valence-electron chi connectivity index (χ4n) is 5.25. The first kappa shape index (κ1) is 21.2. The van der Waals surface area contributed by atoms with Gasteiger partial charge in [0.25, 0.3) is 0 Å². The van der Waals surface area contributed by atoms with Gasteiger partial charge < -0.3 is 13.9 Å². The van der Waals surface area contributed by atoms with Gasteiger partial charge in [0.2, 0.25) is 0 Å². The summed E-state index contributed by atoms with van der Waals surface area (Å²) >= 11 is 1.83. The highest BCUT2D eigenvalue weighted by atomic mass is 32.1. The SMILES string of the molecule is CC1(C)OB(c2ccc3c(c2)sc2cc(-n4c5ccccc5c5ccccc54)ccc23)OC1(C)C. The normalized spacial score (nSPS) is 17.3. The van der Waals surface area contributed by atoms with Crippen LogP contribution in [0.25, 0.3) is 47.7 Å². The third-order valence-electron chi connectivity index (χ3n) is 7.84. The van der Waals surface area contributed by atoms with Gasteiger partial charge >= 0.3 is 7.12 Å². The average molecular weight is 475 g/mol. The van der Waals surface area contributed by atoms with E-state index in [-0.39, 0.29) is 18.3 Å². The molecule has 0 atom stereocenters. The molecule has 6 aromatic rings. The number of benzene rings is 4. The molecule has 0 radical (unpaired) electrons. The molecule has 3 nitrogen and oxygen atoms in total. The van der Waals surface area contributed by atoms with Gasteiger partial charge in [0.1, 0.15) is 0 Å². The molecular formula is C30H26BNO2S. The lowest BCUT2D eigenvalue weighted by Gasteiger charge is -2.32. The standard InChI is InChI=1S/C30H26BNO2S/c1-29(2)30(3,4)34-31(33-29)19-13-15-23-24-16-14-20(18-28(24)35-27(23)17-19)32-25-11-7-5-9-21(25)22-10-6-8-12-26(22)32/h5-18H,1-4H3. The van der Waals surface area contributed by atoms with Gasteiger partial charge in [-0.15, -0.1) is 11.3 Å². The van der Waals surface area contributed by atoms with Crippen LogP contribution in [0, 0.1) is 0 Å². The Hall–Kier alpha value is -3.12. The molecule has 2 aromatic heterocycles. The maximum absolute atomic E-state index is 6.30. The third kappa shape index (κ3) is 3.05. The highest BCUT2D eigenvalue weighted by Crippen LogP contribution is 2.39. The first-order valence-electron chi connectivity index (χ1n) is 12.1. The van der Waals surface area contributed by atoms with E-state index in [1.54, 1.807) is 0 Å². The zero-order chi connectivity index (χ0) is 23.9. The van der Waals surface area contributed by atoms with E-state index in [9.17, 15) is 0 Å². The summed E-state index contributed by atoms with van der Waals surface area (Å²) in [4.78, 5) is 0. The number of hydrogen-bond donors (Lipinski definition) is 0. The number of thiophene rings is 1. The maximum atomic E-state index is 6.30. The first-order chi connectivity index (χ1) is 16.8. The van der Waals surface area contributed by atoms with Crippen LogP contribution in [0.15, 0.2) is 84.9 Å². The van der Waals surface area contributed by atoms with Gasteiger partial charge in [0.15, 0.2) is 0 Å². The molecular weight excluding hydrogens is 449 g/mol. The van der Waals surface area contributed by atoms with E-state index in [1.165, 1.54) is 47.7 Å². The topological polar surface area (TPSA) is 23.4 Å². The van der Waals surface area contributed by atoms with Crippen LogP contribution in [0.4, 0.5) is 0 Å². The molecule has 0 saturated carbocycles. The fourth-order valence-corrected chi connectivity index (χ4v) is 6.44. The Bertz CT molecular complexity index is 1710. The molecule has 1 aliphatic heterocycles. The lowest BCUT2D eigenvalue weighted by Crippen LogP contribution is -2.41. The third-order valence-corrected chi connectivity index (χ3v) is 8.96. The maximum Gasteiger partial charge on any atom is 0.494 e. The predicted molar refractivity (Wildman–Crippen MR) is 149 cm³/mol. The second-order valence-electron chi connectivity index (χ2n) is 10.5. The van der Waals surface area contributed by atoms with Crippen molar-refractivity contribution in [2.24, 2.45) is 0 Å². The van der Waals surface area contributed by atoms with E-state index in [0.29, 0.717) is 0 Å². The Kier molecular flexibility index (Phi) is 4.36. The van der Waals surface area contributed by atoms with Crippen LogP contribution in [-0.2, 0) is 9.31 Å². The molecule has 3 heterocycles. The van der Waals surface area contributed by atoms with Crippen LogP contribution in [0.3, 0.4) is 0 Å². The van der Waals surface area contributed by atoms with Crippen molar-refractivity contribution < 1.29 is 9.31 Å². The Balaban J connectivity index is 1.37. The molecule has 0 amide bonds. The van der Waals surface area contributed by atoms with Crippen LogP contribution in [0.1, 0.15) is 27.7 Å². The lowest BCUT2D eigenvalue weighted by molar-refractivity contribution is 0.00578. The predicted octanol–water partition coefficient (Wildman–Crippen LogP) is 7.45. The molecule has 4 aromatic carbocycles. The summed E-state index contributed by atoms with van der Waals surface area (Å²) in [7, 11) is -0.345. The van der Waals surface area contributed by atoms with E-state index in [1.807, 2.05) is 11.3 Å². The molecule has 0 bridgehead atoms. The van der Waals surface area contributed by atoms with Crippen molar-refractivity contribution >= 4 is 65.9 Å². The van der Waals surface area contributed by atoms with Crippen molar-refractivity contribution in [1.82, 2.24) is 4.57 Å². The molecule has 5 heteroatoms. The Labute approximate surface area is 209 Å². The Morgan fingerprint density at radius 1 is 0.629 bits per heavy atom. The van der Waals surface area contributed by atoms with E-state index in [2.05, 4.69) is 117 Å². The molecule has 35 heavy (non-hydrogen) atoms. The highest BCUT2D eigenvalue weighted by molar-refractivity contribution is 7.25. The molecule has 0 N–H and O–H groups in total. The van der Waals surface area contributed by atoms with E-state index >= 15 is 0 Å². The zero-order valence-corrected chi connectivity index (χ0v) is 21.1. The van der Waals surface area contributed by atoms with Crippen molar-refractivity contribution in [1.29, 1.82) is 0 Å². The van der Waals surface area contributed by atoms with Gasteiger partial charge in [0, 0.05) is 36.6 Å². The van der Waals surface area contributed by atoms with Crippen molar-refractivity contribution in [2.75, 3.05) is 0 Å². The number of rotatable bonds is 2. The summed E-state index contributed by atoms with van der Waals surface area (Å²) in [5.41, 5.74) is 4.04. The van der Waals surface area contributed by atoms with Crippen LogP contribution in [0.5, 0.6) is 0 Å². The molecule has 0 unspecified atom stereocenters. The van der Waals surface area contributed by atoms with E-state index in [4.69, 9.17) is 9.31 Å². The van der Waals surface area contributed by atoms with Crippen LogP contribution >= 0.6 is 11.3 Å². The largest absolute Gasteiger partial charge is 0.494 e. The first-order valence-corrected chi connectivity index (χ1v) is 12.9. The summed E-state index contributed by atoms with van der Waals surface area (Å²) < 4.78 is 17.5. The zero-order valence-electron chi connectivity index (χ0n) is 20.3. The number of fused-ring (bicyclic) bond motifs is 6. The molecule has 172 valence electrons. The van der Waals surface area contributed by atoms with Gasteiger partial charge in [-0.2, -0.15) is 0 Å². The monoisotopic (exact) mass is 475 g/mol. The van der Waals surface area contributed by atoms with E-state index < -0.39 is 0 Å². The number of hydrogen-bond acceptors (Lipinski definition) is 3. The van der Waals surface area contributed by atoms with Crippen LogP contribution < -0.4 is 5.46 Å². The molecule has 1 aliphatic rings. The van der Waals surface area contributed by atoms with Gasteiger partial charge in [-0.3, -0.25) is 0 Å². The molecule has 1 fully saturated rings. The minimum absolute atomic E-state index is 0.343. The molecule has 7 rings (SSSR count). The summed E-state index contributed by atoms with van der Waals surface area (Å²) in [5, 5.41) is 5.13. The minimum Gasteiger partial charge on any atom is -0.399 e. The molecule has 0 aliphatic carbocycles. The van der Waals surface area contributed by atoms with Gasteiger partial charge in [-0.1, -0.05) is 54.6 Å². The molecule has 0 spiro atoms. The van der Waals surface area contributed by atoms with E-state index in [0.717, 1.165) is 5.46 Å². The van der Waals surface area contributed by atoms with Crippen molar-refractivity contribution in [3.05, 3.63) is 84.9 Å². The van der Waals surface area contributed by atoms with Crippen molar-refractivity contribution in [3.8, 4) is 5.69 Å². The highest BCUT2D eigenvalue weighted by Gasteiger charge is 2.51. The van der Waals surface area contributed by atoms with Gasteiger partial charge in [-0.25, -0.2) is 0 Å². The quantitative estimate of drug-likeness (QED) is 0.243. The molecule has 1 saturated heterocycles. The minimum atomic E-state index is -0.345. The fraction of sp³-hybridized carbons (Fsp3) is 0.200. The summed E-state index contributed by atoms with van der Waals surface area (Å²) in [5.74, 6) is 0. The smallest absolute Gasteiger partial charge is 0.399 e. The Morgan fingerprint density at radius 2 is 1.17 bits per heavy atom. The second kappa shape index (κ2) is 7.20. The number of aromatic nitrogens is 1. The average Bonchev–Trinajstić information content (AvgIpc) is 3.44. The number of nitrogens with zero attached hydrogens (tertiary/aromatic N) is 1. The Morgan fingerprint density at radius 3 is 1.80 bits per heavy atom.